The van der Waals surface area contributed by atoms with E-state index in [1.54, 1.807) is 13.8 Å². The SMILES string of the molecule is Cc1ccc(-c2nc(NC(=O)c3cc(CCC(=O)C(C)C)cnc3C(F)F)[nH]c2C)cc1. The van der Waals surface area contributed by atoms with E-state index in [0.717, 1.165) is 16.8 Å². The highest BCUT2D eigenvalue weighted by Crippen LogP contribution is 2.25. The van der Waals surface area contributed by atoms with Gasteiger partial charge in [-0.3, -0.25) is 19.9 Å². The second-order valence-electron chi connectivity index (χ2n) is 8.08. The van der Waals surface area contributed by atoms with Crippen LogP contribution in [0.1, 0.15) is 59.6 Å². The number of amides is 1. The maximum absolute atomic E-state index is 13.5. The Hall–Kier alpha value is -3.42. The van der Waals surface area contributed by atoms with Gasteiger partial charge in [-0.25, -0.2) is 13.8 Å². The number of aryl methyl sites for hydroxylation is 3. The minimum Gasteiger partial charge on any atom is -0.328 e. The predicted octanol–water partition coefficient (Wildman–Crippen LogP) is 5.44. The lowest BCUT2D eigenvalue weighted by atomic mass is 10.0. The Bertz CT molecular complexity index is 1120. The number of pyridine rings is 1. The number of rotatable bonds is 8. The fourth-order valence-electron chi connectivity index (χ4n) is 3.25. The average Bonchev–Trinajstić information content (AvgIpc) is 3.11. The fraction of sp³-hybridized carbons (Fsp3) is 0.333. The highest BCUT2D eigenvalue weighted by molar-refractivity contribution is 6.04. The Balaban J connectivity index is 1.83. The summed E-state index contributed by atoms with van der Waals surface area (Å²) >= 11 is 0. The summed E-state index contributed by atoms with van der Waals surface area (Å²) in [5.74, 6) is -0.641. The second kappa shape index (κ2) is 9.80. The van der Waals surface area contributed by atoms with Gasteiger partial charge in [-0.2, -0.15) is 0 Å². The molecular weight excluding hydrogens is 414 g/mol. The lowest BCUT2D eigenvalue weighted by Gasteiger charge is -2.10. The summed E-state index contributed by atoms with van der Waals surface area (Å²) in [6.45, 7) is 7.40. The van der Waals surface area contributed by atoms with Gasteiger partial charge in [0, 0.05) is 29.8 Å². The van der Waals surface area contributed by atoms with Crippen LogP contribution in [0.15, 0.2) is 36.5 Å². The standard InChI is InChI=1S/C24H26F2N4O2/c1-13(2)19(31)10-7-16-11-18(21(22(25)26)27-12-16)23(32)30-24-28-15(4)20(29-24)17-8-5-14(3)6-9-17/h5-6,8-9,11-13,22H,7,10H2,1-4H3,(H2,28,29,30,32). The Labute approximate surface area is 185 Å². The van der Waals surface area contributed by atoms with Crippen molar-refractivity contribution >= 4 is 17.6 Å². The van der Waals surface area contributed by atoms with E-state index in [1.165, 1.54) is 12.3 Å². The van der Waals surface area contributed by atoms with Crippen molar-refractivity contribution in [2.45, 2.75) is 47.0 Å². The molecule has 32 heavy (non-hydrogen) atoms. The van der Waals surface area contributed by atoms with Crippen LogP contribution in [0.3, 0.4) is 0 Å². The van der Waals surface area contributed by atoms with Crippen molar-refractivity contribution in [3.05, 3.63) is 64.6 Å². The summed E-state index contributed by atoms with van der Waals surface area (Å²) in [6.07, 6.45) is -1.04. The van der Waals surface area contributed by atoms with Crippen LogP contribution in [0.5, 0.6) is 0 Å². The van der Waals surface area contributed by atoms with Crippen LogP contribution in [-0.4, -0.2) is 26.6 Å². The van der Waals surface area contributed by atoms with Gasteiger partial charge in [0.25, 0.3) is 12.3 Å². The number of carbonyl (C=O) groups is 2. The van der Waals surface area contributed by atoms with Crippen molar-refractivity contribution in [2.24, 2.45) is 5.92 Å². The van der Waals surface area contributed by atoms with Crippen LogP contribution < -0.4 is 5.32 Å². The van der Waals surface area contributed by atoms with Crippen molar-refractivity contribution in [3.8, 4) is 11.3 Å². The maximum atomic E-state index is 13.5. The van der Waals surface area contributed by atoms with Crippen LogP contribution >= 0.6 is 0 Å². The van der Waals surface area contributed by atoms with Gasteiger partial charge in [-0.15, -0.1) is 0 Å². The van der Waals surface area contributed by atoms with E-state index < -0.39 is 18.0 Å². The molecular formula is C24H26F2N4O2. The first-order chi connectivity index (χ1) is 15.2. The molecule has 0 saturated carbocycles. The summed E-state index contributed by atoms with van der Waals surface area (Å²) in [5.41, 5.74) is 3.08. The smallest absolute Gasteiger partial charge is 0.281 e. The third-order valence-corrected chi connectivity index (χ3v) is 5.17. The van der Waals surface area contributed by atoms with Crippen molar-refractivity contribution in [1.82, 2.24) is 15.0 Å². The van der Waals surface area contributed by atoms with Crippen molar-refractivity contribution in [1.29, 1.82) is 0 Å². The summed E-state index contributed by atoms with van der Waals surface area (Å²) < 4.78 is 27.0. The quantitative estimate of drug-likeness (QED) is 0.488. The number of hydrogen-bond acceptors (Lipinski definition) is 4. The molecule has 8 heteroatoms. The third kappa shape index (κ3) is 5.43. The molecule has 6 nitrogen and oxygen atoms in total. The minimum absolute atomic E-state index is 0.0589. The molecule has 0 atom stereocenters. The lowest BCUT2D eigenvalue weighted by Crippen LogP contribution is -2.17. The predicted molar refractivity (Wildman–Crippen MR) is 119 cm³/mol. The number of benzene rings is 1. The zero-order chi connectivity index (χ0) is 23.4. The summed E-state index contributed by atoms with van der Waals surface area (Å²) in [7, 11) is 0. The van der Waals surface area contributed by atoms with Gasteiger partial charge in [-0.05, 0) is 31.9 Å². The van der Waals surface area contributed by atoms with E-state index in [1.807, 2.05) is 38.1 Å². The van der Waals surface area contributed by atoms with Gasteiger partial charge in [0.15, 0.2) is 0 Å². The number of hydrogen-bond donors (Lipinski definition) is 2. The molecule has 0 saturated heterocycles. The fourth-order valence-corrected chi connectivity index (χ4v) is 3.25. The van der Waals surface area contributed by atoms with Crippen molar-refractivity contribution in [3.63, 3.8) is 0 Å². The van der Waals surface area contributed by atoms with Crippen LogP contribution in [-0.2, 0) is 11.2 Å². The molecule has 3 aromatic rings. The first-order valence-electron chi connectivity index (χ1n) is 10.4. The Morgan fingerprint density at radius 3 is 2.44 bits per heavy atom. The van der Waals surface area contributed by atoms with Gasteiger partial charge in [0.1, 0.15) is 11.5 Å². The molecule has 1 amide bonds. The summed E-state index contributed by atoms with van der Waals surface area (Å²) in [5, 5.41) is 2.56. The number of alkyl halides is 2. The molecule has 0 radical (unpaired) electrons. The summed E-state index contributed by atoms with van der Waals surface area (Å²) in [6, 6.07) is 9.12. The van der Waals surface area contributed by atoms with E-state index >= 15 is 0 Å². The highest BCUT2D eigenvalue weighted by Gasteiger charge is 2.22. The molecule has 2 heterocycles. The number of aromatic amines is 1. The molecule has 0 unspecified atom stereocenters. The monoisotopic (exact) mass is 440 g/mol. The zero-order valence-corrected chi connectivity index (χ0v) is 18.5. The van der Waals surface area contributed by atoms with Gasteiger partial charge >= 0.3 is 0 Å². The number of nitrogens with one attached hydrogen (secondary N) is 2. The third-order valence-electron chi connectivity index (χ3n) is 5.17. The number of H-pyrrole nitrogens is 1. The van der Waals surface area contributed by atoms with Crippen LogP contribution in [0.4, 0.5) is 14.7 Å². The van der Waals surface area contributed by atoms with Gasteiger partial charge in [-0.1, -0.05) is 43.7 Å². The number of halogens is 2. The molecule has 2 N–H and O–H groups in total. The second-order valence-corrected chi connectivity index (χ2v) is 8.08. The Morgan fingerprint density at radius 1 is 1.12 bits per heavy atom. The number of nitrogens with zero attached hydrogens (tertiary/aromatic N) is 2. The number of ketones is 1. The molecule has 0 bridgehead atoms. The normalized spacial score (nSPS) is 11.2. The molecule has 0 spiro atoms. The molecule has 0 fully saturated rings. The highest BCUT2D eigenvalue weighted by atomic mass is 19.3. The van der Waals surface area contributed by atoms with E-state index in [2.05, 4.69) is 20.3 Å². The van der Waals surface area contributed by atoms with E-state index in [4.69, 9.17) is 0 Å². The number of Topliss-reactive ketones (excluding diaryl/α,β-unsaturated/α-hetero) is 1. The largest absolute Gasteiger partial charge is 0.328 e. The molecule has 0 aliphatic rings. The molecule has 0 aliphatic heterocycles. The van der Waals surface area contributed by atoms with Crippen molar-refractivity contribution in [2.75, 3.05) is 5.32 Å². The lowest BCUT2D eigenvalue weighted by molar-refractivity contribution is -0.121. The van der Waals surface area contributed by atoms with Gasteiger partial charge in [0.05, 0.1) is 11.3 Å². The Kier molecular flexibility index (Phi) is 7.12. The molecule has 3 rings (SSSR count). The van der Waals surface area contributed by atoms with Crippen LogP contribution in [0.2, 0.25) is 0 Å². The topological polar surface area (TPSA) is 87.7 Å². The molecule has 2 aromatic heterocycles. The van der Waals surface area contributed by atoms with E-state index in [-0.39, 0.29) is 29.6 Å². The average molecular weight is 440 g/mol. The minimum atomic E-state index is -2.91. The Morgan fingerprint density at radius 2 is 1.81 bits per heavy atom. The molecule has 1 aromatic carbocycles. The van der Waals surface area contributed by atoms with E-state index in [9.17, 15) is 18.4 Å². The molecule has 0 aliphatic carbocycles. The summed E-state index contributed by atoms with van der Waals surface area (Å²) in [4.78, 5) is 35.9. The number of carbonyl (C=O) groups excluding carboxylic acids is 2. The van der Waals surface area contributed by atoms with Crippen LogP contribution in [0.25, 0.3) is 11.3 Å². The van der Waals surface area contributed by atoms with Gasteiger partial charge in [0.2, 0.25) is 5.95 Å². The zero-order valence-electron chi connectivity index (χ0n) is 18.5. The number of aromatic nitrogens is 3. The van der Waals surface area contributed by atoms with E-state index in [0.29, 0.717) is 17.7 Å². The number of imidazole rings is 1. The maximum Gasteiger partial charge on any atom is 0.281 e. The van der Waals surface area contributed by atoms with Crippen molar-refractivity contribution < 1.29 is 18.4 Å². The van der Waals surface area contributed by atoms with Crippen LogP contribution in [0, 0.1) is 19.8 Å². The molecule has 168 valence electrons. The number of anilines is 1. The van der Waals surface area contributed by atoms with Gasteiger partial charge < -0.3 is 4.98 Å². The first kappa shape index (κ1) is 23.2. The first-order valence-corrected chi connectivity index (χ1v) is 10.4.